The molecule has 134 valence electrons. The predicted octanol–water partition coefficient (Wildman–Crippen LogP) is 5.71. The highest BCUT2D eigenvalue weighted by Gasteiger charge is 2.60. The molecule has 0 amide bonds. The van der Waals surface area contributed by atoms with Gasteiger partial charge < -0.3 is 4.84 Å². The number of hydrogen-bond donors (Lipinski definition) is 0. The van der Waals surface area contributed by atoms with Gasteiger partial charge in [-0.25, -0.2) is 4.79 Å². The van der Waals surface area contributed by atoms with Gasteiger partial charge >= 0.3 is 5.97 Å². The average Bonchev–Trinajstić information content (AvgIpc) is 3.00. The molecular weight excluding hydrogens is 322 g/mol. The molecule has 2 aromatic rings. The molecule has 2 bridgehead atoms. The van der Waals surface area contributed by atoms with Gasteiger partial charge in [-0.05, 0) is 53.9 Å². The number of nitrogens with zero attached hydrogens (tertiary/aromatic N) is 1. The lowest BCUT2D eigenvalue weighted by molar-refractivity contribution is 0.0508. The van der Waals surface area contributed by atoms with E-state index < -0.39 is 0 Å². The Morgan fingerprint density at radius 2 is 1.65 bits per heavy atom. The van der Waals surface area contributed by atoms with Gasteiger partial charge in [0.25, 0.3) is 0 Å². The standard InChI is InChI=1S/C23H25NO2/c1-22(2)19-13-14-23(22,3)20(15-19)24-26-21(25)18-11-9-17(10-12-18)16-7-5-4-6-8-16/h4-12,19H,13-15H2,1-3H3/b24-20-/t19-,23+/m0/s1. The van der Waals surface area contributed by atoms with Crippen LogP contribution >= 0.6 is 0 Å². The van der Waals surface area contributed by atoms with Gasteiger partial charge in [-0.1, -0.05) is 68.4 Å². The Morgan fingerprint density at radius 3 is 2.23 bits per heavy atom. The topological polar surface area (TPSA) is 38.7 Å². The van der Waals surface area contributed by atoms with Crippen molar-refractivity contribution in [3.05, 3.63) is 60.2 Å². The third-order valence-electron chi connectivity index (χ3n) is 6.98. The molecule has 0 radical (unpaired) electrons. The number of benzene rings is 2. The van der Waals surface area contributed by atoms with Crippen molar-refractivity contribution in [2.45, 2.75) is 40.0 Å². The maximum atomic E-state index is 12.4. The van der Waals surface area contributed by atoms with Gasteiger partial charge in [-0.3, -0.25) is 0 Å². The number of carbonyl (C=O) groups is 1. The molecule has 2 fully saturated rings. The van der Waals surface area contributed by atoms with E-state index in [4.69, 9.17) is 4.84 Å². The van der Waals surface area contributed by atoms with Gasteiger partial charge in [0.05, 0.1) is 11.3 Å². The van der Waals surface area contributed by atoms with Crippen LogP contribution in [0.1, 0.15) is 50.4 Å². The molecule has 0 spiro atoms. The first-order valence-corrected chi connectivity index (χ1v) is 9.36. The minimum Gasteiger partial charge on any atom is -0.313 e. The SMILES string of the molecule is CC1(C)[C@H]2CC[C@]1(C)/C(=N\OC(=O)c1ccc(-c3ccccc3)cc1)C2. The summed E-state index contributed by atoms with van der Waals surface area (Å²) in [5.74, 6) is 0.261. The van der Waals surface area contributed by atoms with Crippen molar-refractivity contribution in [3.63, 3.8) is 0 Å². The third kappa shape index (κ3) is 2.57. The van der Waals surface area contributed by atoms with Crippen molar-refractivity contribution in [2.24, 2.45) is 21.9 Å². The van der Waals surface area contributed by atoms with Gasteiger partial charge in [-0.15, -0.1) is 0 Å². The summed E-state index contributed by atoms with van der Waals surface area (Å²) < 4.78 is 0. The minimum atomic E-state index is -0.388. The first-order valence-electron chi connectivity index (χ1n) is 9.36. The Kier molecular flexibility index (Phi) is 3.98. The second kappa shape index (κ2) is 6.08. The first kappa shape index (κ1) is 17.0. The van der Waals surface area contributed by atoms with E-state index in [1.165, 1.54) is 6.42 Å². The van der Waals surface area contributed by atoms with Gasteiger partial charge in [0, 0.05) is 5.41 Å². The lowest BCUT2D eigenvalue weighted by Crippen LogP contribution is -2.32. The fraction of sp³-hybridized carbons (Fsp3) is 0.391. The molecule has 4 rings (SSSR count). The highest BCUT2D eigenvalue weighted by molar-refractivity contribution is 5.95. The normalized spacial score (nSPS) is 27.7. The second-order valence-corrected chi connectivity index (χ2v) is 8.35. The average molecular weight is 347 g/mol. The number of hydrogen-bond acceptors (Lipinski definition) is 3. The van der Waals surface area contributed by atoms with E-state index in [0.29, 0.717) is 11.5 Å². The lowest BCUT2D eigenvalue weighted by Gasteiger charge is -2.34. The molecule has 2 aromatic carbocycles. The summed E-state index contributed by atoms with van der Waals surface area (Å²) in [5, 5.41) is 4.30. The minimum absolute atomic E-state index is 0.0507. The molecule has 26 heavy (non-hydrogen) atoms. The monoisotopic (exact) mass is 347 g/mol. The largest absolute Gasteiger partial charge is 0.365 e. The van der Waals surface area contributed by atoms with Crippen LogP contribution in [0.15, 0.2) is 59.8 Å². The van der Waals surface area contributed by atoms with Crippen LogP contribution in [0, 0.1) is 16.7 Å². The highest BCUT2D eigenvalue weighted by atomic mass is 16.7. The molecule has 2 aliphatic rings. The van der Waals surface area contributed by atoms with E-state index in [0.717, 1.165) is 29.7 Å². The van der Waals surface area contributed by atoms with E-state index >= 15 is 0 Å². The van der Waals surface area contributed by atoms with E-state index in [-0.39, 0.29) is 16.8 Å². The highest BCUT2D eigenvalue weighted by Crippen LogP contribution is 2.64. The summed E-state index contributed by atoms with van der Waals surface area (Å²) >= 11 is 0. The van der Waals surface area contributed by atoms with Crippen LogP contribution in [0.4, 0.5) is 0 Å². The quantitative estimate of drug-likeness (QED) is 0.527. The summed E-state index contributed by atoms with van der Waals surface area (Å²) in [7, 11) is 0. The van der Waals surface area contributed by atoms with Crippen LogP contribution in [0.25, 0.3) is 11.1 Å². The zero-order chi connectivity index (χ0) is 18.4. The maximum Gasteiger partial charge on any atom is 0.365 e. The summed E-state index contributed by atoms with van der Waals surface area (Å²) in [4.78, 5) is 17.7. The second-order valence-electron chi connectivity index (χ2n) is 8.35. The number of rotatable bonds is 3. The van der Waals surface area contributed by atoms with E-state index in [1.54, 1.807) is 12.1 Å². The van der Waals surface area contributed by atoms with Gasteiger partial charge in [0.15, 0.2) is 0 Å². The zero-order valence-corrected chi connectivity index (χ0v) is 15.7. The molecular formula is C23H25NO2. The van der Waals surface area contributed by atoms with Crippen molar-refractivity contribution in [1.82, 2.24) is 0 Å². The van der Waals surface area contributed by atoms with Crippen molar-refractivity contribution >= 4 is 11.7 Å². The summed E-state index contributed by atoms with van der Waals surface area (Å²) in [6, 6.07) is 17.6. The smallest absolute Gasteiger partial charge is 0.313 e. The van der Waals surface area contributed by atoms with Crippen LogP contribution in [0.2, 0.25) is 0 Å². The molecule has 0 heterocycles. The van der Waals surface area contributed by atoms with Crippen molar-refractivity contribution in [2.75, 3.05) is 0 Å². The van der Waals surface area contributed by atoms with Gasteiger partial charge in [-0.2, -0.15) is 0 Å². The molecule has 0 aromatic heterocycles. The summed E-state index contributed by atoms with van der Waals surface area (Å²) in [5.41, 5.74) is 4.07. The molecule has 3 nitrogen and oxygen atoms in total. The third-order valence-corrected chi connectivity index (χ3v) is 6.98. The first-order chi connectivity index (χ1) is 12.4. The van der Waals surface area contributed by atoms with E-state index in [2.05, 4.69) is 38.1 Å². The fourth-order valence-corrected chi connectivity index (χ4v) is 4.65. The summed E-state index contributed by atoms with van der Waals surface area (Å²) in [6.45, 7) is 6.90. The van der Waals surface area contributed by atoms with Gasteiger partial charge in [0.1, 0.15) is 0 Å². The van der Waals surface area contributed by atoms with Crippen LogP contribution < -0.4 is 0 Å². The van der Waals surface area contributed by atoms with E-state index in [1.807, 2.05) is 30.3 Å². The Labute approximate surface area is 155 Å². The van der Waals surface area contributed by atoms with Crippen molar-refractivity contribution in [3.8, 4) is 11.1 Å². The molecule has 0 aliphatic heterocycles. The molecule has 2 saturated carbocycles. The van der Waals surface area contributed by atoms with Gasteiger partial charge in [0.2, 0.25) is 0 Å². The molecule has 3 heteroatoms. The molecule has 2 atom stereocenters. The van der Waals surface area contributed by atoms with Crippen LogP contribution in [-0.4, -0.2) is 11.7 Å². The van der Waals surface area contributed by atoms with Crippen LogP contribution in [-0.2, 0) is 4.84 Å². The number of oxime groups is 1. The maximum absolute atomic E-state index is 12.4. The molecule has 0 N–H and O–H groups in total. The Bertz CT molecular complexity index is 852. The Balaban J connectivity index is 1.48. The lowest BCUT2D eigenvalue weighted by atomic mass is 9.70. The molecule has 0 saturated heterocycles. The Morgan fingerprint density at radius 1 is 1.00 bits per heavy atom. The number of fused-ring (bicyclic) bond motifs is 2. The fourth-order valence-electron chi connectivity index (χ4n) is 4.65. The zero-order valence-electron chi connectivity index (χ0n) is 15.7. The number of carbonyl (C=O) groups excluding carboxylic acids is 1. The van der Waals surface area contributed by atoms with Crippen molar-refractivity contribution < 1.29 is 9.63 Å². The van der Waals surface area contributed by atoms with E-state index in [9.17, 15) is 4.79 Å². The Hall–Kier alpha value is -2.42. The van der Waals surface area contributed by atoms with Crippen molar-refractivity contribution in [1.29, 1.82) is 0 Å². The predicted molar refractivity (Wildman–Crippen MR) is 104 cm³/mol. The molecule has 0 unspecified atom stereocenters. The summed E-state index contributed by atoms with van der Waals surface area (Å²) in [6.07, 6.45) is 3.33. The van der Waals surface area contributed by atoms with Crippen LogP contribution in [0.3, 0.4) is 0 Å². The van der Waals surface area contributed by atoms with Crippen LogP contribution in [0.5, 0.6) is 0 Å². The molecule has 2 aliphatic carbocycles.